The summed E-state index contributed by atoms with van der Waals surface area (Å²) in [5.74, 6) is 0.0665. The monoisotopic (exact) mass is 425 g/mol. The third-order valence-electron chi connectivity index (χ3n) is 5.51. The van der Waals surface area contributed by atoms with E-state index in [0.717, 1.165) is 23.1 Å². The highest BCUT2D eigenvalue weighted by atomic mass is 19.1. The Kier molecular flexibility index (Phi) is 4.93. The molecule has 1 atom stereocenters. The number of carbonyl (C=O) groups is 1. The predicted molar refractivity (Wildman–Crippen MR) is 107 cm³/mol. The molecule has 8 nitrogen and oxygen atoms in total. The summed E-state index contributed by atoms with van der Waals surface area (Å²) >= 11 is 0. The molecule has 1 amide bonds. The fourth-order valence-corrected chi connectivity index (χ4v) is 4.01. The summed E-state index contributed by atoms with van der Waals surface area (Å²) in [6, 6.07) is 11.0. The van der Waals surface area contributed by atoms with Crippen LogP contribution >= 0.6 is 0 Å². The fraction of sp³-hybridized carbons (Fsp3) is 0.318. The second kappa shape index (κ2) is 7.90. The standard InChI is InChI=1S/C22H20FN3O5/c23-16-6-3-14(4-7-16)21-24-26(22(28)31-21)13-20(27)25-9-1-2-17(25)15-5-8-18-19(12-15)30-11-10-29-18/h3-8,12,17H,1-2,9-11,13H2. The largest absolute Gasteiger partial charge is 0.486 e. The number of halogens is 1. The smallest absolute Gasteiger partial charge is 0.437 e. The summed E-state index contributed by atoms with van der Waals surface area (Å²) in [5.41, 5.74) is 1.43. The Morgan fingerprint density at radius 2 is 1.87 bits per heavy atom. The van der Waals surface area contributed by atoms with Crippen molar-refractivity contribution in [1.29, 1.82) is 0 Å². The van der Waals surface area contributed by atoms with E-state index in [1.807, 2.05) is 18.2 Å². The average molecular weight is 425 g/mol. The van der Waals surface area contributed by atoms with Gasteiger partial charge in [-0.05, 0) is 54.8 Å². The molecule has 160 valence electrons. The van der Waals surface area contributed by atoms with Crippen LogP contribution in [-0.2, 0) is 11.3 Å². The van der Waals surface area contributed by atoms with E-state index in [9.17, 15) is 14.0 Å². The molecule has 1 saturated heterocycles. The van der Waals surface area contributed by atoms with Gasteiger partial charge in [0.05, 0.1) is 6.04 Å². The number of carbonyl (C=O) groups excluding carboxylic acids is 1. The van der Waals surface area contributed by atoms with Gasteiger partial charge in [-0.1, -0.05) is 6.07 Å². The second-order valence-electron chi connectivity index (χ2n) is 7.49. The van der Waals surface area contributed by atoms with Gasteiger partial charge in [0.25, 0.3) is 0 Å². The lowest BCUT2D eigenvalue weighted by Gasteiger charge is -2.26. The van der Waals surface area contributed by atoms with Crippen molar-refractivity contribution in [2.45, 2.75) is 25.4 Å². The summed E-state index contributed by atoms with van der Waals surface area (Å²) in [6.07, 6.45) is 1.68. The number of hydrogen-bond acceptors (Lipinski definition) is 6. The Hall–Kier alpha value is -3.62. The molecule has 2 aliphatic heterocycles. The maximum atomic E-state index is 13.1. The first-order chi connectivity index (χ1) is 15.1. The molecule has 31 heavy (non-hydrogen) atoms. The summed E-state index contributed by atoms with van der Waals surface area (Å²) in [5, 5.41) is 4.11. The molecule has 9 heteroatoms. The maximum Gasteiger partial charge on any atom is 0.437 e. The molecule has 0 bridgehead atoms. The van der Waals surface area contributed by atoms with Crippen molar-refractivity contribution in [3.05, 3.63) is 64.4 Å². The average Bonchev–Trinajstić information content (AvgIpc) is 3.41. The van der Waals surface area contributed by atoms with Crippen molar-refractivity contribution in [2.24, 2.45) is 0 Å². The number of likely N-dealkylation sites (tertiary alicyclic amines) is 1. The highest BCUT2D eigenvalue weighted by molar-refractivity contribution is 5.77. The third kappa shape index (κ3) is 3.78. The lowest BCUT2D eigenvalue weighted by Crippen LogP contribution is -2.35. The quantitative estimate of drug-likeness (QED) is 0.639. The van der Waals surface area contributed by atoms with Gasteiger partial charge in [0.1, 0.15) is 25.6 Å². The van der Waals surface area contributed by atoms with E-state index in [4.69, 9.17) is 13.9 Å². The van der Waals surface area contributed by atoms with Crippen LogP contribution in [0.25, 0.3) is 11.5 Å². The number of ether oxygens (including phenoxy) is 2. The van der Waals surface area contributed by atoms with Crippen molar-refractivity contribution in [3.63, 3.8) is 0 Å². The van der Waals surface area contributed by atoms with Crippen LogP contribution in [0.3, 0.4) is 0 Å². The third-order valence-corrected chi connectivity index (χ3v) is 5.51. The normalized spacial score (nSPS) is 17.7. The number of benzene rings is 2. The number of nitrogens with zero attached hydrogens (tertiary/aromatic N) is 3. The zero-order valence-electron chi connectivity index (χ0n) is 16.6. The minimum Gasteiger partial charge on any atom is -0.486 e. The highest BCUT2D eigenvalue weighted by Crippen LogP contribution is 2.38. The molecule has 0 aliphatic carbocycles. The Morgan fingerprint density at radius 3 is 2.68 bits per heavy atom. The molecule has 2 aromatic carbocycles. The van der Waals surface area contributed by atoms with E-state index in [1.54, 1.807) is 4.90 Å². The van der Waals surface area contributed by atoms with Gasteiger partial charge in [0.2, 0.25) is 11.8 Å². The van der Waals surface area contributed by atoms with Crippen molar-refractivity contribution in [2.75, 3.05) is 19.8 Å². The van der Waals surface area contributed by atoms with Crippen molar-refractivity contribution < 1.29 is 23.1 Å². The van der Waals surface area contributed by atoms with Crippen LogP contribution in [0.4, 0.5) is 4.39 Å². The van der Waals surface area contributed by atoms with Crippen LogP contribution in [0.1, 0.15) is 24.4 Å². The molecule has 0 saturated carbocycles. The number of rotatable bonds is 4. The topological polar surface area (TPSA) is 86.8 Å². The van der Waals surface area contributed by atoms with E-state index in [-0.39, 0.29) is 24.4 Å². The predicted octanol–water partition coefficient (Wildman–Crippen LogP) is 2.78. The lowest BCUT2D eigenvalue weighted by atomic mass is 10.0. The molecule has 1 fully saturated rings. The molecule has 1 aromatic heterocycles. The lowest BCUT2D eigenvalue weighted by molar-refractivity contribution is -0.133. The Morgan fingerprint density at radius 1 is 1.10 bits per heavy atom. The van der Waals surface area contributed by atoms with E-state index in [1.165, 1.54) is 24.3 Å². The molecule has 0 radical (unpaired) electrons. The van der Waals surface area contributed by atoms with Crippen molar-refractivity contribution >= 4 is 5.91 Å². The van der Waals surface area contributed by atoms with Crippen molar-refractivity contribution in [3.8, 4) is 23.0 Å². The summed E-state index contributed by atoms with van der Waals surface area (Å²) in [4.78, 5) is 27.0. The maximum absolute atomic E-state index is 13.1. The van der Waals surface area contributed by atoms with Gasteiger partial charge in [-0.15, -0.1) is 5.10 Å². The molecule has 0 N–H and O–H groups in total. The van der Waals surface area contributed by atoms with Crippen LogP contribution in [0.5, 0.6) is 11.5 Å². The van der Waals surface area contributed by atoms with Crippen LogP contribution < -0.4 is 15.2 Å². The van der Waals surface area contributed by atoms with Gasteiger partial charge in [-0.3, -0.25) is 4.79 Å². The van der Waals surface area contributed by atoms with Gasteiger partial charge in [-0.25, -0.2) is 9.18 Å². The Labute approximate surface area is 176 Å². The van der Waals surface area contributed by atoms with Gasteiger partial charge in [0.15, 0.2) is 11.5 Å². The number of fused-ring (bicyclic) bond motifs is 1. The molecule has 2 aliphatic rings. The Bertz CT molecular complexity index is 1170. The first-order valence-electron chi connectivity index (χ1n) is 10.1. The van der Waals surface area contributed by atoms with Crippen LogP contribution in [-0.4, -0.2) is 40.3 Å². The number of amides is 1. The minimum absolute atomic E-state index is 0.0441. The van der Waals surface area contributed by atoms with Gasteiger partial charge in [0, 0.05) is 12.1 Å². The zero-order chi connectivity index (χ0) is 21.4. The molecule has 3 aromatic rings. The first-order valence-corrected chi connectivity index (χ1v) is 10.1. The van der Waals surface area contributed by atoms with E-state index >= 15 is 0 Å². The molecular formula is C22H20FN3O5. The second-order valence-corrected chi connectivity index (χ2v) is 7.49. The minimum atomic E-state index is -0.734. The molecular weight excluding hydrogens is 405 g/mol. The molecule has 5 rings (SSSR count). The van der Waals surface area contributed by atoms with Crippen molar-refractivity contribution in [1.82, 2.24) is 14.7 Å². The summed E-state index contributed by atoms with van der Waals surface area (Å²) in [7, 11) is 0. The summed E-state index contributed by atoms with van der Waals surface area (Å²) in [6.45, 7) is 1.38. The van der Waals surface area contributed by atoms with Crippen LogP contribution in [0, 0.1) is 5.82 Å². The Balaban J connectivity index is 1.34. The van der Waals surface area contributed by atoms with E-state index in [2.05, 4.69) is 5.10 Å². The van der Waals surface area contributed by atoms with Crippen LogP contribution in [0.2, 0.25) is 0 Å². The molecule has 1 unspecified atom stereocenters. The summed E-state index contributed by atoms with van der Waals surface area (Å²) < 4.78 is 30.5. The zero-order valence-corrected chi connectivity index (χ0v) is 16.6. The number of aromatic nitrogens is 2. The van der Waals surface area contributed by atoms with Gasteiger partial charge in [-0.2, -0.15) is 4.68 Å². The highest BCUT2D eigenvalue weighted by Gasteiger charge is 2.31. The SMILES string of the molecule is O=C(Cn1nc(-c2ccc(F)cc2)oc1=O)N1CCCC1c1ccc2c(c1)OCCO2. The number of hydrogen-bond donors (Lipinski definition) is 0. The fourth-order valence-electron chi connectivity index (χ4n) is 4.01. The van der Waals surface area contributed by atoms with E-state index < -0.39 is 11.6 Å². The van der Waals surface area contributed by atoms with Gasteiger partial charge >= 0.3 is 5.76 Å². The van der Waals surface area contributed by atoms with E-state index in [0.29, 0.717) is 36.8 Å². The molecule has 3 heterocycles. The first kappa shape index (κ1) is 19.3. The molecule has 0 spiro atoms. The van der Waals surface area contributed by atoms with Crippen LogP contribution in [0.15, 0.2) is 51.7 Å². The van der Waals surface area contributed by atoms with Gasteiger partial charge < -0.3 is 18.8 Å².